The molecular weight excluding hydrogens is 478 g/mol. The standard InChI is InChI=1S/C26H24F2N8O/c27-19-9-17(10-20(28)11-19)25(37)35-7-5-34(6-8-35)21-12-26(13-21,2-3-29)36-15-18(14-33-36)23-22-1-4-30-24(22)32-16-31-23/h1,4,9-11,14-16,21H,2,5-8,12-13H2,(H,30,31,32). The van der Waals surface area contributed by atoms with E-state index in [-0.39, 0.29) is 17.5 Å². The average Bonchev–Trinajstić information content (AvgIpc) is 3.55. The Kier molecular flexibility index (Phi) is 5.68. The molecule has 1 aliphatic heterocycles. The average molecular weight is 503 g/mol. The zero-order valence-electron chi connectivity index (χ0n) is 19.9. The fourth-order valence-corrected chi connectivity index (χ4v) is 5.59. The van der Waals surface area contributed by atoms with Gasteiger partial charge in [-0.3, -0.25) is 14.4 Å². The molecule has 3 aromatic heterocycles. The maximum absolute atomic E-state index is 13.5. The second kappa shape index (κ2) is 9.05. The number of piperazine rings is 1. The number of nitrogens with zero attached hydrogens (tertiary/aromatic N) is 7. The second-order valence-corrected chi connectivity index (χ2v) is 9.74. The van der Waals surface area contributed by atoms with Crippen LogP contribution in [0.3, 0.4) is 0 Å². The Morgan fingerprint density at radius 1 is 1.14 bits per heavy atom. The minimum Gasteiger partial charge on any atom is -0.346 e. The van der Waals surface area contributed by atoms with Crippen molar-refractivity contribution in [3.05, 3.63) is 66.4 Å². The molecule has 4 heterocycles. The summed E-state index contributed by atoms with van der Waals surface area (Å²) in [5, 5.41) is 15.1. The van der Waals surface area contributed by atoms with Crippen molar-refractivity contribution in [1.29, 1.82) is 5.26 Å². The van der Waals surface area contributed by atoms with Crippen molar-refractivity contribution >= 4 is 16.9 Å². The summed E-state index contributed by atoms with van der Waals surface area (Å²) in [7, 11) is 0. The number of H-pyrrole nitrogens is 1. The van der Waals surface area contributed by atoms with Crippen molar-refractivity contribution < 1.29 is 13.6 Å². The predicted octanol–water partition coefficient (Wildman–Crippen LogP) is 3.33. The Labute approximate surface area is 211 Å². The number of amides is 1. The fraction of sp³-hybridized carbons (Fsp3) is 0.346. The molecule has 0 unspecified atom stereocenters. The summed E-state index contributed by atoms with van der Waals surface area (Å²) >= 11 is 0. The van der Waals surface area contributed by atoms with Crippen LogP contribution in [0.25, 0.3) is 22.3 Å². The smallest absolute Gasteiger partial charge is 0.254 e. The number of aromatic amines is 1. The first-order valence-corrected chi connectivity index (χ1v) is 12.2. The van der Waals surface area contributed by atoms with Crippen molar-refractivity contribution in [2.24, 2.45) is 0 Å². The van der Waals surface area contributed by atoms with Gasteiger partial charge in [0.25, 0.3) is 5.91 Å². The van der Waals surface area contributed by atoms with E-state index in [1.807, 2.05) is 23.1 Å². The Hall–Kier alpha value is -4.17. The third-order valence-corrected chi connectivity index (χ3v) is 7.56. The molecule has 0 radical (unpaired) electrons. The first-order chi connectivity index (χ1) is 18.0. The number of rotatable bonds is 5. The van der Waals surface area contributed by atoms with Gasteiger partial charge in [-0.05, 0) is 31.0 Å². The van der Waals surface area contributed by atoms with Gasteiger partial charge in [-0.1, -0.05) is 0 Å². The Morgan fingerprint density at radius 3 is 2.62 bits per heavy atom. The maximum atomic E-state index is 13.5. The predicted molar refractivity (Wildman–Crippen MR) is 130 cm³/mol. The molecule has 1 N–H and O–H groups in total. The number of fused-ring (bicyclic) bond motifs is 1. The van der Waals surface area contributed by atoms with Crippen LogP contribution in [0, 0.1) is 23.0 Å². The monoisotopic (exact) mass is 502 g/mol. The number of aromatic nitrogens is 5. The lowest BCUT2D eigenvalue weighted by atomic mass is 9.70. The zero-order chi connectivity index (χ0) is 25.6. The third-order valence-electron chi connectivity index (χ3n) is 7.56. The molecule has 1 aliphatic carbocycles. The van der Waals surface area contributed by atoms with E-state index in [1.165, 1.54) is 6.33 Å². The zero-order valence-corrected chi connectivity index (χ0v) is 19.9. The molecule has 0 bridgehead atoms. The van der Waals surface area contributed by atoms with Gasteiger partial charge in [0.1, 0.15) is 23.6 Å². The number of nitrogens with one attached hydrogen (secondary N) is 1. The van der Waals surface area contributed by atoms with E-state index < -0.39 is 17.2 Å². The molecule has 1 amide bonds. The summed E-state index contributed by atoms with van der Waals surface area (Å²) in [5.41, 5.74) is 2.05. The number of halogens is 2. The normalized spacial score (nSPS) is 22.1. The second-order valence-electron chi connectivity index (χ2n) is 9.74. The summed E-state index contributed by atoms with van der Waals surface area (Å²) < 4.78 is 29.0. The fourth-order valence-electron chi connectivity index (χ4n) is 5.59. The van der Waals surface area contributed by atoms with Gasteiger partial charge >= 0.3 is 0 Å². The van der Waals surface area contributed by atoms with E-state index in [1.54, 1.807) is 11.1 Å². The van der Waals surface area contributed by atoms with Crippen LogP contribution in [0.5, 0.6) is 0 Å². The van der Waals surface area contributed by atoms with E-state index >= 15 is 0 Å². The molecule has 11 heteroatoms. The van der Waals surface area contributed by atoms with Crippen molar-refractivity contribution in [3.8, 4) is 17.3 Å². The largest absolute Gasteiger partial charge is 0.346 e. The lowest BCUT2D eigenvalue weighted by Gasteiger charge is -2.52. The van der Waals surface area contributed by atoms with Gasteiger partial charge < -0.3 is 9.88 Å². The van der Waals surface area contributed by atoms with Crippen molar-refractivity contribution in [2.45, 2.75) is 30.8 Å². The third kappa shape index (κ3) is 4.13. The van der Waals surface area contributed by atoms with Gasteiger partial charge in [0.15, 0.2) is 0 Å². The van der Waals surface area contributed by atoms with Gasteiger partial charge in [0, 0.05) is 67.2 Å². The molecule has 188 valence electrons. The number of nitriles is 1. The van der Waals surface area contributed by atoms with Crippen LogP contribution in [0.2, 0.25) is 0 Å². The highest BCUT2D eigenvalue weighted by atomic mass is 19.1. The van der Waals surface area contributed by atoms with Crippen LogP contribution in [0.1, 0.15) is 29.6 Å². The summed E-state index contributed by atoms with van der Waals surface area (Å²) in [5.74, 6) is -1.88. The number of benzene rings is 1. The molecule has 9 nitrogen and oxygen atoms in total. The molecule has 1 saturated carbocycles. The van der Waals surface area contributed by atoms with Gasteiger partial charge in [0.2, 0.25) is 0 Å². The number of carbonyl (C=O) groups is 1. The van der Waals surface area contributed by atoms with Crippen LogP contribution in [0.15, 0.2) is 49.2 Å². The minimum atomic E-state index is -0.760. The molecule has 4 aromatic rings. The van der Waals surface area contributed by atoms with Gasteiger partial charge in [0.05, 0.1) is 29.9 Å². The SMILES string of the molecule is N#CCC1(n2cc(-c3ncnc4[nH]ccc34)cn2)CC(N2CCN(C(=O)c3cc(F)cc(F)c3)CC2)C1. The lowest BCUT2D eigenvalue weighted by Crippen LogP contribution is -2.60. The minimum absolute atomic E-state index is 0.0257. The molecular formula is C26H24F2N8O. The summed E-state index contributed by atoms with van der Waals surface area (Å²) in [6.07, 6.45) is 8.97. The maximum Gasteiger partial charge on any atom is 0.254 e. The van der Waals surface area contributed by atoms with E-state index in [0.717, 1.165) is 53.3 Å². The molecule has 2 fully saturated rings. The van der Waals surface area contributed by atoms with Gasteiger partial charge in [-0.15, -0.1) is 0 Å². The molecule has 1 saturated heterocycles. The highest BCUT2D eigenvalue weighted by Crippen LogP contribution is 2.45. The quantitative estimate of drug-likeness (QED) is 0.449. The van der Waals surface area contributed by atoms with Gasteiger partial charge in [-0.25, -0.2) is 18.7 Å². The van der Waals surface area contributed by atoms with E-state index in [0.29, 0.717) is 32.6 Å². The summed E-state index contributed by atoms with van der Waals surface area (Å²) in [4.78, 5) is 28.5. The number of carbonyl (C=O) groups excluding carboxylic acids is 1. The summed E-state index contributed by atoms with van der Waals surface area (Å²) in [6.45, 7) is 2.28. The Balaban J connectivity index is 1.12. The molecule has 0 atom stereocenters. The highest BCUT2D eigenvalue weighted by molar-refractivity contribution is 5.94. The number of hydrogen-bond donors (Lipinski definition) is 1. The van der Waals surface area contributed by atoms with Crippen molar-refractivity contribution in [3.63, 3.8) is 0 Å². The van der Waals surface area contributed by atoms with Crippen LogP contribution in [0.4, 0.5) is 8.78 Å². The van der Waals surface area contributed by atoms with E-state index in [2.05, 4.69) is 31.0 Å². The topological polar surface area (TPSA) is 107 Å². The van der Waals surface area contributed by atoms with Crippen LogP contribution < -0.4 is 0 Å². The van der Waals surface area contributed by atoms with Gasteiger partial charge in [-0.2, -0.15) is 10.4 Å². The molecule has 37 heavy (non-hydrogen) atoms. The van der Waals surface area contributed by atoms with E-state index in [4.69, 9.17) is 0 Å². The lowest BCUT2D eigenvalue weighted by molar-refractivity contribution is -0.0158. The van der Waals surface area contributed by atoms with Crippen molar-refractivity contribution in [1.82, 2.24) is 34.5 Å². The Morgan fingerprint density at radius 2 is 1.89 bits per heavy atom. The molecule has 2 aliphatic rings. The Bertz CT molecular complexity index is 1490. The highest BCUT2D eigenvalue weighted by Gasteiger charge is 2.49. The molecule has 1 aromatic carbocycles. The summed E-state index contributed by atoms with van der Waals surface area (Å²) in [6, 6.07) is 7.43. The van der Waals surface area contributed by atoms with Crippen LogP contribution >= 0.6 is 0 Å². The first kappa shape index (κ1) is 23.2. The molecule has 0 spiro atoms. The van der Waals surface area contributed by atoms with Crippen LogP contribution in [-0.4, -0.2) is 72.7 Å². The molecule has 6 rings (SSSR count). The van der Waals surface area contributed by atoms with E-state index in [9.17, 15) is 18.8 Å². The number of hydrogen-bond acceptors (Lipinski definition) is 6. The van der Waals surface area contributed by atoms with Crippen molar-refractivity contribution in [2.75, 3.05) is 26.2 Å². The first-order valence-electron chi connectivity index (χ1n) is 12.2. The van der Waals surface area contributed by atoms with Crippen LogP contribution in [-0.2, 0) is 5.54 Å².